The summed E-state index contributed by atoms with van der Waals surface area (Å²) in [4.78, 5) is 10.0. The van der Waals surface area contributed by atoms with Crippen LogP contribution in [0.4, 0.5) is 0 Å². The van der Waals surface area contributed by atoms with Gasteiger partial charge in [-0.05, 0) is 33.6 Å². The molecule has 0 fully saturated rings. The molecule has 3 N–H and O–H groups in total. The van der Waals surface area contributed by atoms with Gasteiger partial charge in [-0.3, -0.25) is 4.79 Å². The predicted molar refractivity (Wildman–Crippen MR) is 54.8 cm³/mol. The van der Waals surface area contributed by atoms with E-state index in [4.69, 9.17) is 15.3 Å². The van der Waals surface area contributed by atoms with Crippen molar-refractivity contribution < 1.29 is 20.1 Å². The molecule has 0 rings (SSSR count). The Morgan fingerprint density at radius 1 is 1.29 bits per heavy atom. The van der Waals surface area contributed by atoms with E-state index in [1.165, 1.54) is 0 Å². The van der Waals surface area contributed by atoms with Gasteiger partial charge in [-0.25, -0.2) is 0 Å². The maximum atomic E-state index is 10.0. The molecule has 0 heterocycles. The second kappa shape index (κ2) is 7.76. The van der Waals surface area contributed by atoms with E-state index in [2.05, 4.69) is 0 Å². The van der Waals surface area contributed by atoms with E-state index in [1.807, 2.05) is 6.92 Å². The quantitative estimate of drug-likeness (QED) is 0.613. The Morgan fingerprint density at radius 3 is 1.71 bits per heavy atom. The standard InChI is InChI=1S/C5H10O2.C5H12O2/c1-5(2,3)4(6)7;1-2-3-4-5(6)7/h1-3H3,(H,6,7);5-7H,2-4H2,1H3. The lowest BCUT2D eigenvalue weighted by Gasteiger charge is -2.08. The van der Waals surface area contributed by atoms with Crippen LogP contribution in [-0.4, -0.2) is 27.6 Å². The summed E-state index contributed by atoms with van der Waals surface area (Å²) in [6.45, 7) is 7.00. The zero-order valence-corrected chi connectivity index (χ0v) is 9.45. The van der Waals surface area contributed by atoms with Crippen LogP contribution in [0.5, 0.6) is 0 Å². The number of rotatable bonds is 3. The highest BCUT2D eigenvalue weighted by Crippen LogP contribution is 2.11. The summed E-state index contributed by atoms with van der Waals surface area (Å²) in [5, 5.41) is 24.7. The SMILES string of the molecule is CC(C)(C)C(=O)O.CCCCC(O)O. The van der Waals surface area contributed by atoms with E-state index in [1.54, 1.807) is 20.8 Å². The first kappa shape index (κ1) is 15.8. The summed E-state index contributed by atoms with van der Waals surface area (Å²) in [7, 11) is 0. The van der Waals surface area contributed by atoms with Gasteiger partial charge < -0.3 is 15.3 Å². The summed E-state index contributed by atoms with van der Waals surface area (Å²) >= 11 is 0. The third-order valence-corrected chi connectivity index (χ3v) is 1.46. The van der Waals surface area contributed by atoms with Gasteiger partial charge in [0.25, 0.3) is 0 Å². The van der Waals surface area contributed by atoms with Gasteiger partial charge in [-0.15, -0.1) is 0 Å². The largest absolute Gasteiger partial charge is 0.481 e. The van der Waals surface area contributed by atoms with Crippen LogP contribution in [0.25, 0.3) is 0 Å². The molecule has 0 radical (unpaired) electrons. The normalized spacial score (nSPS) is 10.8. The second-order valence-electron chi connectivity index (χ2n) is 4.18. The summed E-state index contributed by atoms with van der Waals surface area (Å²) < 4.78 is 0. The molecular weight excluding hydrogens is 184 g/mol. The topological polar surface area (TPSA) is 77.8 Å². The van der Waals surface area contributed by atoms with Gasteiger partial charge in [-0.1, -0.05) is 13.3 Å². The van der Waals surface area contributed by atoms with Crippen molar-refractivity contribution >= 4 is 5.97 Å². The van der Waals surface area contributed by atoms with Crippen LogP contribution >= 0.6 is 0 Å². The summed E-state index contributed by atoms with van der Waals surface area (Å²) in [6.07, 6.45) is 1.34. The summed E-state index contributed by atoms with van der Waals surface area (Å²) in [5.41, 5.74) is -0.583. The van der Waals surface area contributed by atoms with Crippen LogP contribution in [0, 0.1) is 5.41 Å². The van der Waals surface area contributed by atoms with Crippen molar-refractivity contribution in [2.45, 2.75) is 53.2 Å². The number of aliphatic carboxylic acids is 1. The second-order valence-corrected chi connectivity index (χ2v) is 4.18. The van der Waals surface area contributed by atoms with E-state index in [9.17, 15) is 4.79 Å². The number of aliphatic hydroxyl groups excluding tert-OH is 1. The molecule has 0 amide bonds. The first-order valence-corrected chi connectivity index (χ1v) is 4.81. The van der Waals surface area contributed by atoms with Crippen molar-refractivity contribution in [2.24, 2.45) is 5.41 Å². The molecule has 0 aromatic carbocycles. The van der Waals surface area contributed by atoms with Crippen molar-refractivity contribution in [3.8, 4) is 0 Å². The highest BCUT2D eigenvalue weighted by Gasteiger charge is 2.18. The van der Waals surface area contributed by atoms with Crippen molar-refractivity contribution in [2.75, 3.05) is 0 Å². The third kappa shape index (κ3) is 13.9. The fourth-order valence-electron chi connectivity index (χ4n) is 0.387. The zero-order chi connectivity index (χ0) is 11.8. The first-order chi connectivity index (χ1) is 6.21. The van der Waals surface area contributed by atoms with Gasteiger partial charge in [0, 0.05) is 0 Å². The Labute approximate surface area is 85.6 Å². The Kier molecular flexibility index (Phi) is 8.79. The Hall–Kier alpha value is -0.610. The van der Waals surface area contributed by atoms with Gasteiger partial charge in [0.05, 0.1) is 5.41 Å². The van der Waals surface area contributed by atoms with Crippen LogP contribution in [-0.2, 0) is 4.79 Å². The van der Waals surface area contributed by atoms with E-state index in [0.29, 0.717) is 6.42 Å². The molecule has 0 aromatic rings. The molecule has 0 aliphatic heterocycles. The Bertz CT molecular complexity index is 147. The maximum Gasteiger partial charge on any atom is 0.308 e. The smallest absolute Gasteiger partial charge is 0.308 e. The van der Waals surface area contributed by atoms with Gasteiger partial charge in [0.2, 0.25) is 0 Å². The highest BCUT2D eigenvalue weighted by molar-refractivity contribution is 5.72. The molecule has 0 bridgehead atoms. The fourth-order valence-corrected chi connectivity index (χ4v) is 0.387. The van der Waals surface area contributed by atoms with Gasteiger partial charge in [-0.2, -0.15) is 0 Å². The number of carboxylic acids is 1. The molecule has 0 atom stereocenters. The van der Waals surface area contributed by atoms with E-state index < -0.39 is 17.7 Å². The highest BCUT2D eigenvalue weighted by atomic mass is 16.5. The van der Waals surface area contributed by atoms with Crippen LogP contribution in [0.3, 0.4) is 0 Å². The molecule has 4 nitrogen and oxygen atoms in total. The number of hydrogen-bond donors (Lipinski definition) is 3. The molecule has 86 valence electrons. The number of unbranched alkanes of at least 4 members (excludes halogenated alkanes) is 1. The van der Waals surface area contributed by atoms with E-state index in [-0.39, 0.29) is 0 Å². The molecular formula is C10H22O4. The van der Waals surface area contributed by atoms with E-state index in [0.717, 1.165) is 12.8 Å². The van der Waals surface area contributed by atoms with Crippen molar-refractivity contribution in [1.82, 2.24) is 0 Å². The van der Waals surface area contributed by atoms with Crippen LogP contribution in [0.2, 0.25) is 0 Å². The Balaban J connectivity index is 0. The maximum absolute atomic E-state index is 10.0. The first-order valence-electron chi connectivity index (χ1n) is 4.81. The zero-order valence-electron chi connectivity index (χ0n) is 9.45. The molecule has 4 heteroatoms. The average molecular weight is 206 g/mol. The lowest BCUT2D eigenvalue weighted by molar-refractivity contribution is -0.145. The number of carbonyl (C=O) groups is 1. The molecule has 0 saturated heterocycles. The predicted octanol–water partition coefficient (Wildman–Crippen LogP) is 1.60. The minimum atomic E-state index is -1.10. The average Bonchev–Trinajstić information content (AvgIpc) is 2.00. The van der Waals surface area contributed by atoms with Gasteiger partial charge in [0.1, 0.15) is 0 Å². The molecule has 0 aromatic heterocycles. The van der Waals surface area contributed by atoms with Crippen molar-refractivity contribution in [1.29, 1.82) is 0 Å². The number of aliphatic hydroxyl groups is 2. The molecule has 0 aliphatic carbocycles. The van der Waals surface area contributed by atoms with E-state index >= 15 is 0 Å². The summed E-state index contributed by atoms with van der Waals surface area (Å²) in [6, 6.07) is 0. The molecule has 0 unspecified atom stereocenters. The molecule has 0 saturated carbocycles. The lowest BCUT2D eigenvalue weighted by atomic mass is 9.98. The third-order valence-electron chi connectivity index (χ3n) is 1.46. The number of hydrogen-bond acceptors (Lipinski definition) is 3. The van der Waals surface area contributed by atoms with Gasteiger partial charge >= 0.3 is 5.97 Å². The van der Waals surface area contributed by atoms with Gasteiger partial charge in [0.15, 0.2) is 6.29 Å². The van der Waals surface area contributed by atoms with Crippen LogP contribution < -0.4 is 0 Å². The fraction of sp³-hybridized carbons (Fsp3) is 0.900. The number of carboxylic acid groups (broad SMARTS) is 1. The Morgan fingerprint density at radius 2 is 1.64 bits per heavy atom. The molecule has 0 spiro atoms. The van der Waals surface area contributed by atoms with Crippen LogP contribution in [0.15, 0.2) is 0 Å². The van der Waals surface area contributed by atoms with Crippen molar-refractivity contribution in [3.63, 3.8) is 0 Å². The monoisotopic (exact) mass is 206 g/mol. The van der Waals surface area contributed by atoms with Crippen LogP contribution in [0.1, 0.15) is 47.0 Å². The molecule has 14 heavy (non-hydrogen) atoms. The summed E-state index contributed by atoms with van der Waals surface area (Å²) in [5.74, 6) is -0.757. The minimum Gasteiger partial charge on any atom is -0.481 e. The van der Waals surface area contributed by atoms with Crippen molar-refractivity contribution in [3.05, 3.63) is 0 Å². The minimum absolute atomic E-state index is 0.510. The lowest BCUT2D eigenvalue weighted by Crippen LogP contribution is -2.18. The molecule has 0 aliphatic rings.